The van der Waals surface area contributed by atoms with E-state index in [0.29, 0.717) is 6.54 Å². The molecule has 0 radical (unpaired) electrons. The first-order valence-electron chi connectivity index (χ1n) is 5.06. The number of hydrogen-bond donors (Lipinski definition) is 2. The molecule has 0 aromatic heterocycles. The molecule has 1 atom stereocenters. The third kappa shape index (κ3) is 1.83. The molecular formula is C11H15ClN2O. The third-order valence-corrected chi connectivity index (χ3v) is 3.18. The molecule has 3 N–H and O–H groups in total. The molecule has 4 heteroatoms. The Hall–Kier alpha value is -0.770. The van der Waals surface area contributed by atoms with Crippen LogP contribution in [-0.4, -0.2) is 20.2 Å². The van der Waals surface area contributed by atoms with E-state index in [-0.39, 0.29) is 6.04 Å². The van der Waals surface area contributed by atoms with Gasteiger partial charge < -0.3 is 15.8 Å². The van der Waals surface area contributed by atoms with Crippen LogP contribution in [0.15, 0.2) is 12.1 Å². The number of fused-ring (bicyclic) bond motifs is 1. The number of ether oxygens (including phenoxy) is 1. The van der Waals surface area contributed by atoms with Crippen molar-refractivity contribution in [3.8, 4) is 5.75 Å². The van der Waals surface area contributed by atoms with Crippen LogP contribution in [0, 0.1) is 0 Å². The van der Waals surface area contributed by atoms with Crippen molar-refractivity contribution >= 4 is 11.6 Å². The van der Waals surface area contributed by atoms with Crippen LogP contribution in [0.25, 0.3) is 0 Å². The summed E-state index contributed by atoms with van der Waals surface area (Å²) >= 11 is 6.17. The van der Waals surface area contributed by atoms with Gasteiger partial charge in [0, 0.05) is 23.2 Å². The van der Waals surface area contributed by atoms with Crippen molar-refractivity contribution in [3.05, 3.63) is 28.3 Å². The second-order valence-electron chi connectivity index (χ2n) is 3.63. The van der Waals surface area contributed by atoms with Gasteiger partial charge in [-0.3, -0.25) is 0 Å². The summed E-state index contributed by atoms with van der Waals surface area (Å²) in [6.45, 7) is 1.48. The molecule has 82 valence electrons. The van der Waals surface area contributed by atoms with Gasteiger partial charge in [-0.15, -0.1) is 0 Å². The van der Waals surface area contributed by atoms with Gasteiger partial charge in [0.15, 0.2) is 0 Å². The maximum atomic E-state index is 6.17. The lowest BCUT2D eigenvalue weighted by Crippen LogP contribution is -2.35. The molecule has 1 aromatic carbocycles. The number of hydrogen-bond acceptors (Lipinski definition) is 3. The number of nitrogens with two attached hydrogens (primary N) is 1. The molecule has 0 fully saturated rings. The van der Waals surface area contributed by atoms with Gasteiger partial charge in [-0.2, -0.15) is 0 Å². The van der Waals surface area contributed by atoms with E-state index in [4.69, 9.17) is 22.1 Å². The van der Waals surface area contributed by atoms with Gasteiger partial charge in [0.05, 0.1) is 7.11 Å². The predicted octanol–water partition coefficient (Wildman–Crippen LogP) is 1.49. The minimum absolute atomic E-state index is 0.155. The Labute approximate surface area is 94.6 Å². The maximum absolute atomic E-state index is 6.17. The van der Waals surface area contributed by atoms with Crippen molar-refractivity contribution in [2.45, 2.75) is 12.5 Å². The van der Waals surface area contributed by atoms with Crippen LogP contribution < -0.4 is 15.8 Å². The molecule has 0 spiro atoms. The first-order valence-corrected chi connectivity index (χ1v) is 5.44. The smallest absolute Gasteiger partial charge is 0.124 e. The molecule has 1 aliphatic heterocycles. The number of benzene rings is 1. The summed E-state index contributed by atoms with van der Waals surface area (Å²) in [7, 11) is 1.67. The summed E-state index contributed by atoms with van der Waals surface area (Å²) in [5.41, 5.74) is 8.03. The number of nitrogens with one attached hydrogen (secondary N) is 1. The third-order valence-electron chi connectivity index (χ3n) is 2.83. The Bertz CT molecular complexity index is 368. The van der Waals surface area contributed by atoms with E-state index < -0.39 is 0 Å². The van der Waals surface area contributed by atoms with Crippen LogP contribution in [0.1, 0.15) is 17.2 Å². The Balaban J connectivity index is 2.55. The molecule has 2 rings (SSSR count). The maximum Gasteiger partial charge on any atom is 0.124 e. The van der Waals surface area contributed by atoms with Gasteiger partial charge >= 0.3 is 0 Å². The van der Waals surface area contributed by atoms with Gasteiger partial charge in [0.1, 0.15) is 5.75 Å². The molecule has 3 nitrogen and oxygen atoms in total. The molecule has 0 saturated heterocycles. The van der Waals surface area contributed by atoms with E-state index >= 15 is 0 Å². The van der Waals surface area contributed by atoms with E-state index in [0.717, 1.165) is 29.3 Å². The lowest BCUT2D eigenvalue weighted by Gasteiger charge is -2.28. The van der Waals surface area contributed by atoms with E-state index in [9.17, 15) is 0 Å². The van der Waals surface area contributed by atoms with Crippen molar-refractivity contribution in [2.24, 2.45) is 5.73 Å². The minimum Gasteiger partial charge on any atom is -0.496 e. The topological polar surface area (TPSA) is 47.3 Å². The van der Waals surface area contributed by atoms with Crippen molar-refractivity contribution in [1.29, 1.82) is 0 Å². The van der Waals surface area contributed by atoms with Crippen molar-refractivity contribution in [3.63, 3.8) is 0 Å². The summed E-state index contributed by atoms with van der Waals surface area (Å²) in [6, 6.07) is 3.94. The molecule has 1 unspecified atom stereocenters. The molecule has 0 amide bonds. The Morgan fingerprint density at radius 3 is 3.07 bits per heavy atom. The lowest BCUT2D eigenvalue weighted by molar-refractivity contribution is 0.393. The number of halogens is 1. The number of methoxy groups -OCH3 is 1. The zero-order chi connectivity index (χ0) is 10.8. The predicted molar refractivity (Wildman–Crippen MR) is 61.5 cm³/mol. The standard InChI is InChI=1S/C11H15ClN2O/c1-15-10-3-2-8(12)7-4-5-14-9(6-13)11(7)10/h2-3,9,14H,4-6,13H2,1H3. The highest BCUT2D eigenvalue weighted by Gasteiger charge is 2.24. The van der Waals surface area contributed by atoms with Crippen molar-refractivity contribution in [2.75, 3.05) is 20.2 Å². The van der Waals surface area contributed by atoms with Crippen molar-refractivity contribution in [1.82, 2.24) is 5.32 Å². The van der Waals surface area contributed by atoms with Crippen LogP contribution in [0.4, 0.5) is 0 Å². The second-order valence-corrected chi connectivity index (χ2v) is 4.04. The first-order chi connectivity index (χ1) is 7.27. The fourth-order valence-electron chi connectivity index (χ4n) is 2.11. The van der Waals surface area contributed by atoms with Gasteiger partial charge in [0.2, 0.25) is 0 Å². The van der Waals surface area contributed by atoms with E-state index in [1.54, 1.807) is 7.11 Å². The average molecular weight is 227 g/mol. The highest BCUT2D eigenvalue weighted by atomic mass is 35.5. The van der Waals surface area contributed by atoms with Crippen LogP contribution in [0.5, 0.6) is 5.75 Å². The summed E-state index contributed by atoms with van der Waals surface area (Å²) in [6.07, 6.45) is 0.932. The molecule has 1 aromatic rings. The number of rotatable bonds is 2. The molecule has 15 heavy (non-hydrogen) atoms. The quantitative estimate of drug-likeness (QED) is 0.804. The molecule has 0 aliphatic carbocycles. The molecule has 1 aliphatic rings. The van der Waals surface area contributed by atoms with Gasteiger partial charge in [-0.1, -0.05) is 11.6 Å². The van der Waals surface area contributed by atoms with E-state index in [1.165, 1.54) is 5.56 Å². The Kier molecular flexibility index (Phi) is 3.14. The van der Waals surface area contributed by atoms with Crippen LogP contribution in [-0.2, 0) is 6.42 Å². The largest absolute Gasteiger partial charge is 0.496 e. The fraction of sp³-hybridized carbons (Fsp3) is 0.455. The van der Waals surface area contributed by atoms with Gasteiger partial charge in [-0.05, 0) is 30.7 Å². The Morgan fingerprint density at radius 2 is 2.40 bits per heavy atom. The Morgan fingerprint density at radius 1 is 1.60 bits per heavy atom. The lowest BCUT2D eigenvalue weighted by atomic mass is 9.93. The zero-order valence-corrected chi connectivity index (χ0v) is 9.47. The summed E-state index contributed by atoms with van der Waals surface area (Å²) < 4.78 is 5.35. The van der Waals surface area contributed by atoms with E-state index in [1.807, 2.05) is 12.1 Å². The average Bonchev–Trinajstić information content (AvgIpc) is 2.29. The highest BCUT2D eigenvalue weighted by Crippen LogP contribution is 2.35. The SMILES string of the molecule is COc1ccc(Cl)c2c1C(CN)NCC2. The fourth-order valence-corrected chi connectivity index (χ4v) is 2.36. The van der Waals surface area contributed by atoms with Crippen LogP contribution in [0.3, 0.4) is 0 Å². The molecule has 0 saturated carbocycles. The summed E-state index contributed by atoms with van der Waals surface area (Å²) in [5.74, 6) is 0.872. The molecule has 0 bridgehead atoms. The minimum atomic E-state index is 0.155. The monoisotopic (exact) mass is 226 g/mol. The van der Waals surface area contributed by atoms with Crippen LogP contribution in [0.2, 0.25) is 5.02 Å². The van der Waals surface area contributed by atoms with E-state index in [2.05, 4.69) is 5.32 Å². The molecular weight excluding hydrogens is 212 g/mol. The molecule has 1 heterocycles. The van der Waals surface area contributed by atoms with Gasteiger partial charge in [-0.25, -0.2) is 0 Å². The summed E-state index contributed by atoms with van der Waals surface area (Å²) in [4.78, 5) is 0. The van der Waals surface area contributed by atoms with Gasteiger partial charge in [0.25, 0.3) is 0 Å². The second kappa shape index (κ2) is 4.39. The van der Waals surface area contributed by atoms with Crippen LogP contribution >= 0.6 is 11.6 Å². The van der Waals surface area contributed by atoms with Crippen molar-refractivity contribution < 1.29 is 4.74 Å². The highest BCUT2D eigenvalue weighted by molar-refractivity contribution is 6.31. The zero-order valence-electron chi connectivity index (χ0n) is 8.72. The first kappa shape index (κ1) is 10.7. The summed E-state index contributed by atoms with van der Waals surface area (Å²) in [5, 5.41) is 4.17. The normalized spacial score (nSPS) is 19.8.